The van der Waals surface area contributed by atoms with Crippen LogP contribution in [0.2, 0.25) is 0 Å². The highest BCUT2D eigenvalue weighted by molar-refractivity contribution is 6.42. The summed E-state index contributed by atoms with van der Waals surface area (Å²) in [6.45, 7) is 6.46. The fraction of sp³-hybridized carbons (Fsp3) is 0.600. The molecule has 0 aliphatic heterocycles. The molecule has 0 aliphatic rings. The van der Waals surface area contributed by atoms with E-state index in [9.17, 15) is 14.9 Å². The van der Waals surface area contributed by atoms with Crippen molar-refractivity contribution in [2.24, 2.45) is 10.7 Å². The molecule has 0 unspecified atom stereocenters. The summed E-state index contributed by atoms with van der Waals surface area (Å²) >= 11 is 0. The van der Waals surface area contributed by atoms with E-state index in [4.69, 9.17) is 10.5 Å². The summed E-state index contributed by atoms with van der Waals surface area (Å²) in [5.41, 5.74) is 4.47. The van der Waals surface area contributed by atoms with Gasteiger partial charge in [-0.15, -0.1) is 0 Å². The lowest BCUT2D eigenvalue weighted by atomic mass is 10.2. The lowest BCUT2D eigenvalue weighted by Gasteiger charge is -2.06. The third kappa shape index (κ3) is 4.62. The van der Waals surface area contributed by atoms with E-state index in [-0.39, 0.29) is 24.1 Å². The number of hydrogen-bond donors (Lipinski definition) is 1. The number of hydrogen-bond acceptors (Lipinski definition) is 6. The van der Waals surface area contributed by atoms with Crippen molar-refractivity contribution in [1.82, 2.24) is 0 Å². The van der Waals surface area contributed by atoms with E-state index >= 15 is 0 Å². The Bertz CT molecular complexity index is 368. The van der Waals surface area contributed by atoms with Crippen molar-refractivity contribution >= 4 is 11.7 Å². The van der Waals surface area contributed by atoms with Gasteiger partial charge < -0.3 is 10.5 Å². The van der Waals surface area contributed by atoms with Gasteiger partial charge in [0, 0.05) is 6.04 Å². The molecule has 0 radical (unpaired) electrons. The van der Waals surface area contributed by atoms with Crippen LogP contribution in [0.1, 0.15) is 27.7 Å². The van der Waals surface area contributed by atoms with E-state index in [2.05, 4.69) is 4.99 Å². The van der Waals surface area contributed by atoms with Gasteiger partial charge in [-0.1, -0.05) is 0 Å². The van der Waals surface area contributed by atoms with Crippen LogP contribution in [0.15, 0.2) is 16.4 Å². The number of nitrogens with zero attached hydrogens (tertiary/aromatic N) is 2. The molecular formula is C10H17N3O4. The Morgan fingerprint density at radius 1 is 1.53 bits per heavy atom. The van der Waals surface area contributed by atoms with Crippen LogP contribution in [0.5, 0.6) is 0 Å². The minimum Gasteiger partial charge on any atom is -0.461 e. The predicted molar refractivity (Wildman–Crippen MR) is 63.1 cm³/mol. The first-order chi connectivity index (χ1) is 7.81. The second-order valence-corrected chi connectivity index (χ2v) is 3.58. The first-order valence-corrected chi connectivity index (χ1v) is 5.17. The third-order valence-electron chi connectivity index (χ3n) is 1.64. The number of aliphatic imine (C=N–C) groups is 1. The topological polar surface area (TPSA) is 108 Å². The van der Waals surface area contributed by atoms with E-state index in [1.807, 2.05) is 0 Å². The van der Waals surface area contributed by atoms with Gasteiger partial charge in [-0.05, 0) is 27.7 Å². The quantitative estimate of drug-likeness (QED) is 0.333. The Kier molecular flexibility index (Phi) is 5.87. The van der Waals surface area contributed by atoms with E-state index in [1.54, 1.807) is 20.8 Å². The molecule has 7 nitrogen and oxygen atoms in total. The Morgan fingerprint density at radius 2 is 2.06 bits per heavy atom. The zero-order valence-corrected chi connectivity index (χ0v) is 10.4. The number of carbonyl (C=O) groups excluding carboxylic acids is 1. The smallest absolute Gasteiger partial charge is 0.363 e. The molecule has 2 N–H and O–H groups in total. The molecule has 0 saturated carbocycles. The number of rotatable bonds is 5. The molecule has 0 fully saturated rings. The Balaban J connectivity index is 5.55. The van der Waals surface area contributed by atoms with Crippen molar-refractivity contribution in [3.05, 3.63) is 21.5 Å². The molecule has 0 aromatic rings. The summed E-state index contributed by atoms with van der Waals surface area (Å²) in [5, 5.41) is 10.9. The minimum atomic E-state index is -0.835. The summed E-state index contributed by atoms with van der Waals surface area (Å²) in [5.74, 6) is -0.835. The highest BCUT2D eigenvalue weighted by Crippen LogP contribution is 2.07. The first-order valence-electron chi connectivity index (χ1n) is 5.17. The normalized spacial score (nSPS) is 13.4. The van der Waals surface area contributed by atoms with Gasteiger partial charge in [0.25, 0.3) is 0 Å². The van der Waals surface area contributed by atoms with Gasteiger partial charge in [0.2, 0.25) is 5.71 Å². The van der Waals surface area contributed by atoms with Crippen molar-refractivity contribution in [3.8, 4) is 0 Å². The standard InChI is InChI=1S/C10H17N3O4/c1-5-17-10(14)8(12-6(2)3)9(7(4)11)13(15)16/h6H,5,11H2,1-4H3. The summed E-state index contributed by atoms with van der Waals surface area (Å²) in [6, 6.07) is -0.274. The number of ether oxygens (including phenoxy) is 1. The minimum absolute atomic E-state index is 0.0811. The molecule has 0 spiro atoms. The van der Waals surface area contributed by atoms with Gasteiger partial charge >= 0.3 is 11.7 Å². The molecule has 0 atom stereocenters. The van der Waals surface area contributed by atoms with Crippen molar-refractivity contribution in [1.29, 1.82) is 0 Å². The van der Waals surface area contributed by atoms with Crippen LogP contribution in [-0.2, 0) is 9.53 Å². The summed E-state index contributed by atoms with van der Waals surface area (Å²) in [4.78, 5) is 25.6. The van der Waals surface area contributed by atoms with Gasteiger partial charge in [0.1, 0.15) is 0 Å². The largest absolute Gasteiger partial charge is 0.461 e. The number of nitro groups is 1. The Hall–Kier alpha value is -1.92. The monoisotopic (exact) mass is 243 g/mol. The van der Waals surface area contributed by atoms with Gasteiger partial charge in [-0.3, -0.25) is 15.1 Å². The number of allylic oxidation sites excluding steroid dienone is 1. The zero-order chi connectivity index (χ0) is 13.6. The molecule has 0 aliphatic carbocycles. The number of carbonyl (C=O) groups is 1. The number of esters is 1. The van der Waals surface area contributed by atoms with E-state index in [1.165, 1.54) is 6.92 Å². The van der Waals surface area contributed by atoms with E-state index in [0.29, 0.717) is 0 Å². The van der Waals surface area contributed by atoms with E-state index < -0.39 is 16.6 Å². The maximum Gasteiger partial charge on any atom is 0.363 e. The van der Waals surface area contributed by atoms with Gasteiger partial charge in [0.15, 0.2) is 0 Å². The molecule has 7 heteroatoms. The van der Waals surface area contributed by atoms with Crippen LogP contribution in [0, 0.1) is 10.1 Å². The van der Waals surface area contributed by atoms with Gasteiger partial charge in [-0.2, -0.15) is 0 Å². The summed E-state index contributed by atoms with van der Waals surface area (Å²) in [7, 11) is 0. The average molecular weight is 243 g/mol. The van der Waals surface area contributed by atoms with Crippen LogP contribution >= 0.6 is 0 Å². The molecule has 0 aromatic carbocycles. The van der Waals surface area contributed by atoms with Gasteiger partial charge in [0.05, 0.1) is 17.2 Å². The lowest BCUT2D eigenvalue weighted by Crippen LogP contribution is -2.27. The van der Waals surface area contributed by atoms with E-state index in [0.717, 1.165) is 0 Å². The van der Waals surface area contributed by atoms with Crippen molar-refractivity contribution in [2.45, 2.75) is 33.7 Å². The van der Waals surface area contributed by atoms with Crippen LogP contribution in [0.4, 0.5) is 0 Å². The molecular weight excluding hydrogens is 226 g/mol. The molecule has 0 saturated heterocycles. The third-order valence-corrected chi connectivity index (χ3v) is 1.64. The molecule has 0 bridgehead atoms. The summed E-state index contributed by atoms with van der Waals surface area (Å²) in [6.07, 6.45) is 0. The summed E-state index contributed by atoms with van der Waals surface area (Å²) < 4.78 is 4.72. The number of nitrogens with two attached hydrogens (primary N) is 1. The van der Waals surface area contributed by atoms with Crippen LogP contribution < -0.4 is 5.73 Å². The van der Waals surface area contributed by atoms with Crippen LogP contribution in [0.25, 0.3) is 0 Å². The molecule has 0 rings (SSSR count). The fourth-order valence-corrected chi connectivity index (χ4v) is 1.09. The highest BCUT2D eigenvalue weighted by atomic mass is 16.6. The Labute approximate surface area is 99.5 Å². The van der Waals surface area contributed by atoms with Crippen LogP contribution in [0.3, 0.4) is 0 Å². The molecule has 0 heterocycles. The van der Waals surface area contributed by atoms with Crippen molar-refractivity contribution < 1.29 is 14.5 Å². The maximum atomic E-state index is 11.6. The second-order valence-electron chi connectivity index (χ2n) is 3.58. The lowest BCUT2D eigenvalue weighted by molar-refractivity contribution is -0.416. The molecule has 17 heavy (non-hydrogen) atoms. The van der Waals surface area contributed by atoms with Crippen LogP contribution in [-0.4, -0.2) is 29.3 Å². The Morgan fingerprint density at radius 3 is 2.35 bits per heavy atom. The zero-order valence-electron chi connectivity index (χ0n) is 10.4. The van der Waals surface area contributed by atoms with Crippen molar-refractivity contribution in [2.75, 3.05) is 6.61 Å². The molecule has 96 valence electrons. The SMILES string of the molecule is CCOC(=O)C(=NC(C)C)C(=C(C)N)[N+](=O)[O-]. The highest BCUT2D eigenvalue weighted by Gasteiger charge is 2.30. The molecule has 0 aromatic heterocycles. The molecule has 0 amide bonds. The maximum absolute atomic E-state index is 11.6. The fourth-order valence-electron chi connectivity index (χ4n) is 1.09. The van der Waals surface area contributed by atoms with Gasteiger partial charge in [-0.25, -0.2) is 4.79 Å². The predicted octanol–water partition coefficient (Wildman–Crippen LogP) is 0.866. The second kappa shape index (κ2) is 6.62. The first kappa shape index (κ1) is 15.1. The average Bonchev–Trinajstić information content (AvgIpc) is 2.15. The van der Waals surface area contributed by atoms with Crippen molar-refractivity contribution in [3.63, 3.8) is 0 Å².